The molecule has 3 aliphatic carbocycles. The predicted octanol–water partition coefficient (Wildman–Crippen LogP) is 3.19. The molecule has 0 spiro atoms. The maximum absolute atomic E-state index is 11.7. The highest BCUT2D eigenvalue weighted by molar-refractivity contribution is 6.61. The van der Waals surface area contributed by atoms with Crippen LogP contribution in [0.25, 0.3) is 0 Å². The molecule has 0 aliphatic heterocycles. The first-order valence-electron chi connectivity index (χ1n) is 5.10. The smallest absolute Gasteiger partial charge is 0.183 e. The maximum Gasteiger partial charge on any atom is 0.183 e. The highest BCUT2D eigenvalue weighted by Crippen LogP contribution is 2.59. The molecular weight excluding hydrogens is 231 g/mol. The number of hydrogen-bond acceptors (Lipinski definition) is 1. The number of allylic oxidation sites excluding steroid dienone is 6. The summed E-state index contributed by atoms with van der Waals surface area (Å²) < 4.78 is -1.18. The van der Waals surface area contributed by atoms with Crippen LogP contribution in [0, 0.1) is 11.8 Å². The van der Waals surface area contributed by atoms with E-state index in [-0.39, 0.29) is 17.6 Å². The van der Waals surface area contributed by atoms with E-state index in [0.29, 0.717) is 0 Å². The molecule has 1 saturated carbocycles. The zero-order valence-electron chi connectivity index (χ0n) is 8.04. The lowest BCUT2D eigenvalue weighted by atomic mass is 9.70. The van der Waals surface area contributed by atoms with Crippen molar-refractivity contribution in [1.29, 1.82) is 0 Å². The molecule has 0 saturated heterocycles. The van der Waals surface area contributed by atoms with Crippen molar-refractivity contribution in [1.82, 2.24) is 0 Å². The second-order valence-corrected chi connectivity index (χ2v) is 5.68. The van der Waals surface area contributed by atoms with E-state index in [1.165, 1.54) is 11.1 Å². The predicted molar refractivity (Wildman–Crippen MR) is 61.0 cm³/mol. The molecule has 15 heavy (non-hydrogen) atoms. The van der Waals surface area contributed by atoms with Crippen molar-refractivity contribution < 1.29 is 4.79 Å². The third-order valence-electron chi connectivity index (χ3n) is 3.49. The molecule has 2 atom stereocenters. The fourth-order valence-electron chi connectivity index (χ4n) is 2.74. The molecule has 2 unspecified atom stereocenters. The van der Waals surface area contributed by atoms with Gasteiger partial charge in [0.15, 0.2) is 10.1 Å². The molecular formula is C12H10Cl2O. The summed E-state index contributed by atoms with van der Waals surface area (Å²) in [5.41, 5.74) is 2.40. The highest BCUT2D eigenvalue weighted by atomic mass is 35.5. The average Bonchev–Trinajstić information content (AvgIpc) is 2.40. The number of halogens is 2. The van der Waals surface area contributed by atoms with Gasteiger partial charge in [0.1, 0.15) is 0 Å². The van der Waals surface area contributed by atoms with Gasteiger partial charge < -0.3 is 0 Å². The van der Waals surface area contributed by atoms with E-state index in [0.717, 1.165) is 12.8 Å². The van der Waals surface area contributed by atoms with Crippen LogP contribution in [0.4, 0.5) is 0 Å². The summed E-state index contributed by atoms with van der Waals surface area (Å²) in [5.74, 6) is 0.0328. The normalized spacial score (nSPS) is 36.0. The van der Waals surface area contributed by atoms with Crippen molar-refractivity contribution in [2.75, 3.05) is 0 Å². The Kier molecular flexibility index (Phi) is 1.93. The van der Waals surface area contributed by atoms with Gasteiger partial charge in [0, 0.05) is 11.8 Å². The van der Waals surface area contributed by atoms with Gasteiger partial charge in [0.25, 0.3) is 0 Å². The molecule has 1 nitrogen and oxygen atoms in total. The van der Waals surface area contributed by atoms with Gasteiger partial charge >= 0.3 is 0 Å². The molecule has 0 aromatic rings. The van der Waals surface area contributed by atoms with Crippen molar-refractivity contribution in [2.24, 2.45) is 11.8 Å². The van der Waals surface area contributed by atoms with Crippen LogP contribution in [0.5, 0.6) is 0 Å². The quantitative estimate of drug-likeness (QED) is 0.595. The first kappa shape index (κ1) is 9.68. The van der Waals surface area contributed by atoms with E-state index in [4.69, 9.17) is 23.2 Å². The first-order valence-corrected chi connectivity index (χ1v) is 5.86. The van der Waals surface area contributed by atoms with Crippen LogP contribution < -0.4 is 0 Å². The van der Waals surface area contributed by atoms with Crippen molar-refractivity contribution in [3.63, 3.8) is 0 Å². The number of fused-ring (bicyclic) bond motifs is 2. The Bertz CT molecular complexity index is 429. The lowest BCUT2D eigenvalue weighted by Gasteiger charge is -2.42. The van der Waals surface area contributed by atoms with Gasteiger partial charge in [-0.25, -0.2) is 0 Å². The standard InChI is InChI=1S/C12H10Cl2O/c13-12(14)10-8-5-3-1-2-4-7(8)6-9(10)11(12)15/h2-5,9-10H,1,6H2. The lowest BCUT2D eigenvalue weighted by molar-refractivity contribution is -0.133. The number of hydrogen-bond donors (Lipinski definition) is 0. The van der Waals surface area contributed by atoms with Gasteiger partial charge in [-0.2, -0.15) is 0 Å². The summed E-state index contributed by atoms with van der Waals surface area (Å²) in [6.07, 6.45) is 10.1. The Morgan fingerprint density at radius 2 is 2.00 bits per heavy atom. The molecule has 1 fully saturated rings. The molecule has 3 rings (SSSR count). The zero-order valence-corrected chi connectivity index (χ0v) is 9.55. The second-order valence-electron chi connectivity index (χ2n) is 4.30. The van der Waals surface area contributed by atoms with Crippen molar-refractivity contribution in [3.8, 4) is 0 Å². The number of alkyl halides is 2. The third-order valence-corrected chi connectivity index (χ3v) is 4.34. The molecule has 3 heteroatoms. The van der Waals surface area contributed by atoms with E-state index >= 15 is 0 Å². The highest BCUT2D eigenvalue weighted by Gasteiger charge is 2.63. The van der Waals surface area contributed by atoms with Gasteiger partial charge in [0.05, 0.1) is 0 Å². The number of Topliss-reactive ketones (excluding diaryl/α,β-unsaturated/α-hetero) is 1. The first-order chi connectivity index (χ1) is 7.12. The van der Waals surface area contributed by atoms with Gasteiger partial charge in [-0.15, -0.1) is 0 Å². The molecule has 0 heterocycles. The summed E-state index contributed by atoms with van der Waals surface area (Å²) in [4.78, 5) is 11.7. The fourth-order valence-corrected chi connectivity index (χ4v) is 3.56. The van der Waals surface area contributed by atoms with E-state index < -0.39 is 4.33 Å². The number of ketones is 1. The van der Waals surface area contributed by atoms with Gasteiger partial charge in [-0.05, 0) is 24.0 Å². The largest absolute Gasteiger partial charge is 0.296 e. The lowest BCUT2D eigenvalue weighted by Crippen LogP contribution is -2.54. The molecule has 3 aliphatic rings. The second kappa shape index (κ2) is 2.99. The number of carbonyl (C=O) groups excluding carboxylic acids is 1. The van der Waals surface area contributed by atoms with Crippen LogP contribution in [0.15, 0.2) is 35.5 Å². The van der Waals surface area contributed by atoms with E-state index in [1.807, 2.05) is 0 Å². The van der Waals surface area contributed by atoms with E-state index in [1.54, 1.807) is 0 Å². The summed E-state index contributed by atoms with van der Waals surface area (Å²) in [6, 6.07) is 0. The number of carbonyl (C=O) groups is 1. The van der Waals surface area contributed by atoms with Gasteiger partial charge in [-0.1, -0.05) is 47.5 Å². The average molecular weight is 241 g/mol. The van der Waals surface area contributed by atoms with Crippen LogP contribution in [0.2, 0.25) is 0 Å². The molecule has 0 radical (unpaired) electrons. The van der Waals surface area contributed by atoms with Gasteiger partial charge in [-0.3, -0.25) is 4.79 Å². The van der Waals surface area contributed by atoms with E-state index in [2.05, 4.69) is 24.3 Å². The molecule has 0 bridgehead atoms. The van der Waals surface area contributed by atoms with Crippen LogP contribution in [0.3, 0.4) is 0 Å². The maximum atomic E-state index is 11.7. The van der Waals surface area contributed by atoms with Crippen molar-refractivity contribution >= 4 is 29.0 Å². The Morgan fingerprint density at radius 1 is 1.27 bits per heavy atom. The van der Waals surface area contributed by atoms with Crippen LogP contribution in [-0.4, -0.2) is 10.1 Å². The Hall–Kier alpha value is -0.530. The minimum Gasteiger partial charge on any atom is -0.296 e. The van der Waals surface area contributed by atoms with Crippen LogP contribution in [-0.2, 0) is 4.79 Å². The fraction of sp³-hybridized carbons (Fsp3) is 0.417. The molecule has 0 N–H and O–H groups in total. The molecule has 0 aromatic heterocycles. The van der Waals surface area contributed by atoms with Crippen molar-refractivity contribution in [2.45, 2.75) is 17.2 Å². The number of rotatable bonds is 0. The Balaban J connectivity index is 2.05. The van der Waals surface area contributed by atoms with Crippen LogP contribution in [0.1, 0.15) is 12.8 Å². The van der Waals surface area contributed by atoms with E-state index in [9.17, 15) is 4.79 Å². The monoisotopic (exact) mass is 240 g/mol. The molecule has 78 valence electrons. The minimum atomic E-state index is -1.18. The Morgan fingerprint density at radius 3 is 2.80 bits per heavy atom. The van der Waals surface area contributed by atoms with Gasteiger partial charge in [0.2, 0.25) is 0 Å². The molecule has 0 amide bonds. The summed E-state index contributed by atoms with van der Waals surface area (Å²) in [7, 11) is 0. The van der Waals surface area contributed by atoms with Crippen molar-refractivity contribution in [3.05, 3.63) is 35.5 Å². The third kappa shape index (κ3) is 1.14. The SMILES string of the molecule is O=C1C2CC3=C(C=CCC=C3)C2C1(Cl)Cl. The van der Waals surface area contributed by atoms with Crippen LogP contribution >= 0.6 is 23.2 Å². The summed E-state index contributed by atoms with van der Waals surface area (Å²) in [6.45, 7) is 0. The topological polar surface area (TPSA) is 17.1 Å². The molecule has 0 aromatic carbocycles. The minimum absolute atomic E-state index is 0.00860. The Labute approximate surface area is 98.4 Å². The zero-order chi connectivity index (χ0) is 10.6. The summed E-state index contributed by atoms with van der Waals surface area (Å²) >= 11 is 12.1. The summed E-state index contributed by atoms with van der Waals surface area (Å²) in [5, 5.41) is 0.